The molecule has 0 saturated carbocycles. The van der Waals surface area contributed by atoms with Gasteiger partial charge in [0.05, 0.1) is 11.7 Å². The van der Waals surface area contributed by atoms with E-state index in [9.17, 15) is 14.4 Å². The number of aryl methyl sites for hydroxylation is 1. The maximum atomic E-state index is 14.3. The molecule has 3 aliphatic heterocycles. The molecule has 51 heavy (non-hydrogen) atoms. The van der Waals surface area contributed by atoms with Crippen LogP contribution in [0.4, 0.5) is 4.79 Å². The Balaban J connectivity index is 0.921. The number of pyridine rings is 1. The molecule has 8 rings (SSSR count). The van der Waals surface area contributed by atoms with Crippen molar-refractivity contribution < 1.29 is 9.59 Å². The van der Waals surface area contributed by atoms with Gasteiger partial charge in [-0.3, -0.25) is 14.7 Å². The first-order valence-corrected chi connectivity index (χ1v) is 18.4. The summed E-state index contributed by atoms with van der Waals surface area (Å²) in [5.74, 6) is 1.44. The van der Waals surface area contributed by atoms with Gasteiger partial charge in [0, 0.05) is 61.0 Å². The Morgan fingerprint density at radius 3 is 2.41 bits per heavy atom. The smallest absolute Gasteiger partial charge is 0.318 e. The average molecular weight is 691 g/mol. The molecule has 0 radical (unpaired) electrons. The van der Waals surface area contributed by atoms with Gasteiger partial charge in [-0.1, -0.05) is 24.3 Å². The number of aromatic amines is 3. The van der Waals surface area contributed by atoms with Crippen LogP contribution in [0.15, 0.2) is 59.8 Å². The Morgan fingerprint density at radius 2 is 1.65 bits per heavy atom. The van der Waals surface area contributed by atoms with E-state index in [1.54, 1.807) is 17.4 Å². The van der Waals surface area contributed by atoms with Gasteiger partial charge >= 0.3 is 6.03 Å². The summed E-state index contributed by atoms with van der Waals surface area (Å²) in [5, 5.41) is 20.6. The largest absolute Gasteiger partial charge is 0.341 e. The number of aromatic nitrogens is 6. The number of piperidine rings is 3. The summed E-state index contributed by atoms with van der Waals surface area (Å²) in [4.78, 5) is 53.5. The molecule has 0 spiro atoms. The summed E-state index contributed by atoms with van der Waals surface area (Å²) in [7, 11) is 0. The quantitative estimate of drug-likeness (QED) is 0.199. The van der Waals surface area contributed by atoms with E-state index in [0.29, 0.717) is 57.4 Å². The number of hydrogen-bond donors (Lipinski definition) is 4. The second kappa shape index (κ2) is 14.3. The lowest BCUT2D eigenvalue weighted by Crippen LogP contribution is -2.56. The molecular weight excluding hydrogens is 644 g/mol. The molecule has 3 fully saturated rings. The van der Waals surface area contributed by atoms with Crippen LogP contribution in [0, 0.1) is 6.92 Å². The topological polar surface area (TPSA) is 159 Å². The van der Waals surface area contributed by atoms with Crippen molar-refractivity contribution in [2.75, 3.05) is 39.3 Å². The monoisotopic (exact) mass is 690 g/mol. The number of hydrogen-bond acceptors (Lipinski definition) is 7. The van der Waals surface area contributed by atoms with Crippen molar-refractivity contribution in [2.45, 2.75) is 75.8 Å². The van der Waals surface area contributed by atoms with E-state index in [1.807, 2.05) is 42.2 Å². The lowest BCUT2D eigenvalue weighted by atomic mass is 9.89. The number of likely N-dealkylation sites (tertiary alicyclic amines) is 3. The lowest BCUT2D eigenvalue weighted by Gasteiger charge is -2.42. The Hall–Kier alpha value is -5.04. The minimum atomic E-state index is -0.698. The fourth-order valence-corrected chi connectivity index (χ4v) is 8.59. The maximum Gasteiger partial charge on any atom is 0.318 e. The van der Waals surface area contributed by atoms with E-state index in [-0.39, 0.29) is 23.4 Å². The number of benzene rings is 2. The van der Waals surface area contributed by atoms with Crippen LogP contribution in [0.1, 0.15) is 72.9 Å². The fourth-order valence-electron chi connectivity index (χ4n) is 8.59. The van der Waals surface area contributed by atoms with Gasteiger partial charge in [0.25, 0.3) is 5.56 Å². The summed E-state index contributed by atoms with van der Waals surface area (Å²) < 4.78 is 0. The van der Waals surface area contributed by atoms with Crippen LogP contribution in [0.3, 0.4) is 0 Å². The number of nitrogens with zero attached hydrogens (tertiary/aromatic N) is 6. The molecule has 1 atom stereocenters. The summed E-state index contributed by atoms with van der Waals surface area (Å²) in [6.45, 7) is 6.44. The Morgan fingerprint density at radius 1 is 0.902 bits per heavy atom. The van der Waals surface area contributed by atoms with E-state index in [4.69, 9.17) is 0 Å². The molecule has 4 N–H and O–H groups in total. The van der Waals surface area contributed by atoms with Crippen LogP contribution in [0.5, 0.6) is 0 Å². The third kappa shape index (κ3) is 6.99. The maximum absolute atomic E-state index is 14.3. The Bertz CT molecular complexity index is 2050. The molecule has 3 saturated heterocycles. The number of amides is 3. The molecule has 266 valence electrons. The van der Waals surface area contributed by atoms with Crippen molar-refractivity contribution in [1.29, 1.82) is 0 Å². The predicted octanol–water partition coefficient (Wildman–Crippen LogP) is 4.20. The molecule has 13 nitrogen and oxygen atoms in total. The van der Waals surface area contributed by atoms with Crippen molar-refractivity contribution in [3.05, 3.63) is 87.9 Å². The summed E-state index contributed by atoms with van der Waals surface area (Å²) in [6, 6.07) is 13.4. The minimum Gasteiger partial charge on any atom is -0.341 e. The van der Waals surface area contributed by atoms with Crippen LogP contribution in [0.25, 0.3) is 21.8 Å². The molecule has 3 amide bonds. The standard InChI is InChI=1S/C38H46N10O3/c1-24-18-25(19-29-22-40-44-34(24)29)20-33(37(50)47-16-10-30(11-17-47)46-12-8-27(9-13-46)35-39-23-41-45-35)43-38(51)48-14-6-26(7-15-48)31-21-28-4-2-3-5-32(28)42-36(31)49/h2-5,18-19,21-23,26-27,30,33H,6-17,20H2,1H3,(H,40,44)(H,42,49)(H,43,51)(H,39,41,45). The first-order valence-electron chi connectivity index (χ1n) is 18.4. The van der Waals surface area contributed by atoms with Crippen LogP contribution in [0.2, 0.25) is 0 Å². The zero-order valence-corrected chi connectivity index (χ0v) is 29.1. The Kier molecular flexibility index (Phi) is 9.28. The third-order valence-corrected chi connectivity index (χ3v) is 11.5. The van der Waals surface area contributed by atoms with Gasteiger partial charge in [0.1, 0.15) is 18.2 Å². The molecule has 5 aromatic rings. The number of para-hydroxylation sites is 1. The first-order chi connectivity index (χ1) is 24.9. The number of H-pyrrole nitrogens is 3. The van der Waals surface area contributed by atoms with Gasteiger partial charge in [0.15, 0.2) is 0 Å². The number of urea groups is 1. The number of nitrogens with one attached hydrogen (secondary N) is 4. The SMILES string of the molecule is Cc1cc(CC(NC(=O)N2CCC(c3cc4ccccc4[nH]c3=O)CC2)C(=O)N2CCC(N3CCC(c4nnc[nH]4)CC3)CC2)cc2cn[nH]c12. The van der Waals surface area contributed by atoms with Gasteiger partial charge < -0.3 is 30.0 Å². The molecule has 3 aromatic heterocycles. The number of fused-ring (bicyclic) bond motifs is 2. The summed E-state index contributed by atoms with van der Waals surface area (Å²) in [5.41, 5.74) is 4.55. The van der Waals surface area contributed by atoms with Crippen LogP contribution in [-0.2, 0) is 11.2 Å². The van der Waals surface area contributed by atoms with Crippen molar-refractivity contribution in [2.24, 2.45) is 0 Å². The zero-order valence-electron chi connectivity index (χ0n) is 29.1. The van der Waals surface area contributed by atoms with Crippen molar-refractivity contribution in [1.82, 2.24) is 50.4 Å². The Labute approximate surface area is 296 Å². The third-order valence-electron chi connectivity index (χ3n) is 11.5. The second-order valence-electron chi connectivity index (χ2n) is 14.6. The predicted molar refractivity (Wildman–Crippen MR) is 195 cm³/mol. The number of rotatable bonds is 7. The van der Waals surface area contributed by atoms with Gasteiger partial charge in [-0.05, 0) is 99.2 Å². The molecule has 3 aliphatic rings. The fraction of sp³-hybridized carbons (Fsp3) is 0.474. The van der Waals surface area contributed by atoms with Crippen molar-refractivity contribution in [3.63, 3.8) is 0 Å². The second-order valence-corrected chi connectivity index (χ2v) is 14.6. The van der Waals surface area contributed by atoms with E-state index >= 15 is 0 Å². The molecule has 0 bridgehead atoms. The highest BCUT2D eigenvalue weighted by Crippen LogP contribution is 2.30. The van der Waals surface area contributed by atoms with E-state index < -0.39 is 6.04 Å². The minimum absolute atomic E-state index is 0.0339. The zero-order chi connectivity index (χ0) is 34.9. The van der Waals surface area contributed by atoms with Gasteiger partial charge in [-0.2, -0.15) is 5.10 Å². The number of carbonyl (C=O) groups excluding carboxylic acids is 2. The van der Waals surface area contributed by atoms with Gasteiger partial charge in [0.2, 0.25) is 5.91 Å². The van der Waals surface area contributed by atoms with Gasteiger partial charge in [-0.25, -0.2) is 4.79 Å². The highest BCUT2D eigenvalue weighted by Gasteiger charge is 2.35. The van der Waals surface area contributed by atoms with Crippen LogP contribution in [-0.4, -0.2) is 108 Å². The highest BCUT2D eigenvalue weighted by molar-refractivity contribution is 5.88. The first kappa shape index (κ1) is 33.1. The number of carbonyl (C=O) groups is 2. The molecule has 6 heterocycles. The van der Waals surface area contributed by atoms with E-state index in [1.165, 1.54) is 0 Å². The van der Waals surface area contributed by atoms with E-state index in [2.05, 4.69) is 52.7 Å². The average Bonchev–Trinajstić information content (AvgIpc) is 3.88. The van der Waals surface area contributed by atoms with Crippen molar-refractivity contribution in [3.8, 4) is 0 Å². The highest BCUT2D eigenvalue weighted by atomic mass is 16.2. The lowest BCUT2D eigenvalue weighted by molar-refractivity contribution is -0.135. The molecular formula is C38H46N10O3. The van der Waals surface area contributed by atoms with Crippen molar-refractivity contribution >= 4 is 33.7 Å². The summed E-state index contributed by atoms with van der Waals surface area (Å²) >= 11 is 0. The molecule has 2 aromatic carbocycles. The molecule has 1 unspecified atom stereocenters. The van der Waals surface area contributed by atoms with Crippen LogP contribution >= 0.6 is 0 Å². The normalized spacial score (nSPS) is 19.2. The van der Waals surface area contributed by atoms with Crippen LogP contribution < -0.4 is 10.9 Å². The van der Waals surface area contributed by atoms with E-state index in [0.717, 1.165) is 83.1 Å². The molecule has 13 heteroatoms. The van der Waals surface area contributed by atoms with Gasteiger partial charge in [-0.15, -0.1) is 10.2 Å². The summed E-state index contributed by atoms with van der Waals surface area (Å²) in [6.07, 6.45) is 9.16. The molecule has 0 aliphatic carbocycles.